The first-order valence-electron chi connectivity index (χ1n) is 11.5. The summed E-state index contributed by atoms with van der Waals surface area (Å²) >= 11 is 0. The SMILES string of the molecule is COc1cc(OC)cc(-c2nc3n(n2)[C@@H](c2ccncc2)C(C(=O)Nc2ccccc2OC)=C(C)N3)c1. The van der Waals surface area contributed by atoms with Crippen LogP contribution >= 0.6 is 0 Å². The molecule has 0 fully saturated rings. The van der Waals surface area contributed by atoms with Gasteiger partial charge in [-0.1, -0.05) is 12.1 Å². The number of amides is 1. The van der Waals surface area contributed by atoms with Crippen molar-refractivity contribution >= 4 is 17.5 Å². The number of rotatable bonds is 7. The van der Waals surface area contributed by atoms with Crippen LogP contribution < -0.4 is 24.8 Å². The van der Waals surface area contributed by atoms with Crippen LogP contribution in [-0.4, -0.2) is 47.0 Å². The van der Waals surface area contributed by atoms with E-state index in [9.17, 15) is 4.79 Å². The molecule has 4 aromatic rings. The lowest BCUT2D eigenvalue weighted by molar-refractivity contribution is -0.113. The Labute approximate surface area is 213 Å². The zero-order chi connectivity index (χ0) is 25.9. The van der Waals surface area contributed by atoms with Crippen LogP contribution in [0.3, 0.4) is 0 Å². The van der Waals surface area contributed by atoms with E-state index in [-0.39, 0.29) is 5.91 Å². The van der Waals surface area contributed by atoms with Gasteiger partial charge in [0.05, 0.1) is 32.6 Å². The Bertz CT molecular complexity index is 1460. The third-order valence-electron chi connectivity index (χ3n) is 6.08. The molecule has 1 aliphatic rings. The second kappa shape index (κ2) is 10.0. The molecule has 2 aromatic heterocycles. The zero-order valence-corrected chi connectivity index (χ0v) is 20.9. The first-order valence-corrected chi connectivity index (χ1v) is 11.5. The van der Waals surface area contributed by atoms with Gasteiger partial charge in [0.25, 0.3) is 5.91 Å². The first-order chi connectivity index (χ1) is 18.0. The molecule has 0 spiro atoms. The molecule has 0 bridgehead atoms. The minimum Gasteiger partial charge on any atom is -0.497 e. The van der Waals surface area contributed by atoms with Crippen molar-refractivity contribution in [1.82, 2.24) is 19.7 Å². The van der Waals surface area contributed by atoms with Crippen molar-refractivity contribution in [1.29, 1.82) is 0 Å². The quantitative estimate of drug-likeness (QED) is 0.388. The topological polar surface area (TPSA) is 112 Å². The van der Waals surface area contributed by atoms with E-state index in [4.69, 9.17) is 24.3 Å². The Morgan fingerprint density at radius 1 is 0.973 bits per heavy atom. The molecule has 2 N–H and O–H groups in total. The van der Waals surface area contributed by atoms with E-state index in [1.807, 2.05) is 43.3 Å². The highest BCUT2D eigenvalue weighted by molar-refractivity contribution is 6.06. The molecule has 0 unspecified atom stereocenters. The number of carbonyl (C=O) groups excluding carboxylic acids is 1. The van der Waals surface area contributed by atoms with Gasteiger partial charge in [0, 0.05) is 29.7 Å². The van der Waals surface area contributed by atoms with Crippen LogP contribution in [0, 0.1) is 0 Å². The monoisotopic (exact) mass is 498 g/mol. The summed E-state index contributed by atoms with van der Waals surface area (Å²) in [5.74, 6) is 2.47. The van der Waals surface area contributed by atoms with Crippen molar-refractivity contribution in [3.8, 4) is 28.6 Å². The summed E-state index contributed by atoms with van der Waals surface area (Å²) < 4.78 is 18.0. The standard InChI is InChI=1S/C27H26N6O4/c1-16-23(26(34)30-21-7-5-6-8-22(21)37-4)24(17-9-11-28-12-10-17)33-27(29-16)31-25(32-33)18-13-19(35-2)15-20(14-18)36-3/h5-15,24H,1-4H3,(H,30,34)(H,29,31,32)/t24-/m0/s1. The summed E-state index contributed by atoms with van der Waals surface area (Å²) in [6.45, 7) is 1.84. The van der Waals surface area contributed by atoms with Crippen molar-refractivity contribution in [3.63, 3.8) is 0 Å². The van der Waals surface area contributed by atoms with E-state index in [0.717, 1.165) is 5.56 Å². The lowest BCUT2D eigenvalue weighted by atomic mass is 9.96. The minimum atomic E-state index is -0.553. The molecule has 3 heterocycles. The van der Waals surface area contributed by atoms with E-state index >= 15 is 0 Å². The molecular weight excluding hydrogens is 472 g/mol. The summed E-state index contributed by atoms with van der Waals surface area (Å²) in [4.78, 5) is 22.6. The van der Waals surface area contributed by atoms with Crippen LogP contribution in [-0.2, 0) is 4.79 Å². The summed E-state index contributed by atoms with van der Waals surface area (Å²) in [5, 5.41) is 11.1. The molecule has 0 radical (unpaired) electrons. The maximum Gasteiger partial charge on any atom is 0.255 e. The fraction of sp³-hybridized carbons (Fsp3) is 0.185. The van der Waals surface area contributed by atoms with Gasteiger partial charge in [-0.2, -0.15) is 4.98 Å². The maximum absolute atomic E-state index is 13.7. The van der Waals surface area contributed by atoms with Crippen LogP contribution in [0.1, 0.15) is 18.5 Å². The molecule has 10 heteroatoms. The number of hydrogen-bond donors (Lipinski definition) is 2. The second-order valence-electron chi connectivity index (χ2n) is 8.31. The molecule has 188 valence electrons. The number of pyridine rings is 1. The van der Waals surface area contributed by atoms with Crippen molar-refractivity contribution in [2.45, 2.75) is 13.0 Å². The van der Waals surface area contributed by atoms with Gasteiger partial charge < -0.3 is 24.8 Å². The normalized spacial score (nSPS) is 14.4. The number of benzene rings is 2. The summed E-state index contributed by atoms with van der Waals surface area (Å²) in [6, 6.07) is 15.9. The third kappa shape index (κ3) is 4.56. The Morgan fingerprint density at radius 2 is 1.68 bits per heavy atom. The molecule has 0 aliphatic carbocycles. The smallest absolute Gasteiger partial charge is 0.255 e. The third-order valence-corrected chi connectivity index (χ3v) is 6.08. The average Bonchev–Trinajstić information content (AvgIpc) is 3.36. The molecule has 10 nitrogen and oxygen atoms in total. The number of methoxy groups -OCH3 is 3. The zero-order valence-electron chi connectivity index (χ0n) is 20.9. The Balaban J connectivity index is 1.59. The van der Waals surface area contributed by atoms with E-state index < -0.39 is 6.04 Å². The van der Waals surface area contributed by atoms with E-state index in [0.29, 0.717) is 51.5 Å². The van der Waals surface area contributed by atoms with Crippen LogP contribution in [0.4, 0.5) is 11.6 Å². The van der Waals surface area contributed by atoms with Crippen LogP contribution in [0.15, 0.2) is 78.3 Å². The Hall–Kier alpha value is -4.86. The van der Waals surface area contributed by atoms with Crippen LogP contribution in [0.5, 0.6) is 17.2 Å². The summed E-state index contributed by atoms with van der Waals surface area (Å²) in [5.41, 5.74) is 3.26. The number of ether oxygens (including phenoxy) is 3. The van der Waals surface area contributed by atoms with Gasteiger partial charge >= 0.3 is 0 Å². The number of para-hydroxylation sites is 2. The number of allylic oxidation sites excluding steroid dienone is 1. The molecule has 0 saturated carbocycles. The fourth-order valence-electron chi connectivity index (χ4n) is 4.30. The Morgan fingerprint density at radius 3 is 2.35 bits per heavy atom. The molecule has 5 rings (SSSR count). The predicted octanol–water partition coefficient (Wildman–Crippen LogP) is 4.29. The first kappa shape index (κ1) is 23.9. The lowest BCUT2D eigenvalue weighted by Gasteiger charge is -2.28. The number of fused-ring (bicyclic) bond motifs is 1. The number of nitrogens with one attached hydrogen (secondary N) is 2. The molecular formula is C27H26N6O4. The molecule has 1 aliphatic heterocycles. The molecule has 37 heavy (non-hydrogen) atoms. The molecule has 2 aromatic carbocycles. The van der Waals surface area contributed by atoms with Gasteiger partial charge in [-0.3, -0.25) is 9.78 Å². The van der Waals surface area contributed by atoms with Gasteiger partial charge in [0.1, 0.15) is 23.3 Å². The molecule has 0 saturated heterocycles. The predicted molar refractivity (Wildman–Crippen MR) is 139 cm³/mol. The van der Waals surface area contributed by atoms with E-state index in [1.54, 1.807) is 56.6 Å². The van der Waals surface area contributed by atoms with Crippen LogP contribution in [0.2, 0.25) is 0 Å². The van der Waals surface area contributed by atoms with Gasteiger partial charge in [-0.05, 0) is 48.9 Å². The number of carbonyl (C=O) groups is 1. The average molecular weight is 499 g/mol. The van der Waals surface area contributed by atoms with Gasteiger partial charge in [-0.15, -0.1) is 5.10 Å². The number of nitrogens with zero attached hydrogens (tertiary/aromatic N) is 4. The molecule has 1 amide bonds. The number of aromatic nitrogens is 4. The second-order valence-corrected chi connectivity index (χ2v) is 8.31. The van der Waals surface area contributed by atoms with E-state index in [1.165, 1.54) is 0 Å². The largest absolute Gasteiger partial charge is 0.497 e. The number of anilines is 2. The maximum atomic E-state index is 13.7. The highest BCUT2D eigenvalue weighted by atomic mass is 16.5. The van der Waals surface area contributed by atoms with E-state index in [2.05, 4.69) is 15.6 Å². The van der Waals surface area contributed by atoms with Crippen molar-refractivity contribution in [3.05, 3.63) is 83.8 Å². The lowest BCUT2D eigenvalue weighted by Crippen LogP contribution is -2.31. The van der Waals surface area contributed by atoms with Crippen molar-refractivity contribution < 1.29 is 19.0 Å². The number of hydrogen-bond acceptors (Lipinski definition) is 8. The summed E-state index contributed by atoms with van der Waals surface area (Å²) in [6.07, 6.45) is 3.37. The van der Waals surface area contributed by atoms with Gasteiger partial charge in [-0.25, -0.2) is 4.68 Å². The van der Waals surface area contributed by atoms with Crippen LogP contribution in [0.25, 0.3) is 11.4 Å². The van der Waals surface area contributed by atoms with Gasteiger partial charge in [0.2, 0.25) is 5.95 Å². The fourth-order valence-corrected chi connectivity index (χ4v) is 4.30. The van der Waals surface area contributed by atoms with Crippen molar-refractivity contribution in [2.24, 2.45) is 0 Å². The molecule has 1 atom stereocenters. The minimum absolute atomic E-state index is 0.290. The highest BCUT2D eigenvalue weighted by Gasteiger charge is 2.34. The van der Waals surface area contributed by atoms with Crippen molar-refractivity contribution in [2.75, 3.05) is 32.0 Å². The van der Waals surface area contributed by atoms with Gasteiger partial charge in [0.15, 0.2) is 5.82 Å². The Kier molecular flexibility index (Phi) is 6.46. The summed E-state index contributed by atoms with van der Waals surface area (Å²) in [7, 11) is 4.74. The highest BCUT2D eigenvalue weighted by Crippen LogP contribution is 2.38.